The Balaban J connectivity index is 1.60. The van der Waals surface area contributed by atoms with Crippen LogP contribution in [0.2, 0.25) is 0 Å². The Bertz CT molecular complexity index is 1040. The number of carbonyl (C=O) groups is 1. The molecule has 1 fully saturated rings. The van der Waals surface area contributed by atoms with Gasteiger partial charge in [0.05, 0.1) is 30.3 Å². The first-order chi connectivity index (χ1) is 14.6. The minimum absolute atomic E-state index is 0.250. The summed E-state index contributed by atoms with van der Waals surface area (Å²) in [5.74, 6) is 1.34. The SMILES string of the molecule is COCCn1c(N2CCC(c3ccccc3OC)CC2)nc2cc(C(=O)O)ccc21. The van der Waals surface area contributed by atoms with Gasteiger partial charge in [0.1, 0.15) is 5.75 Å². The molecular weight excluding hydrogens is 382 g/mol. The summed E-state index contributed by atoms with van der Waals surface area (Å²) in [6.45, 7) is 2.99. The van der Waals surface area contributed by atoms with Crippen molar-refractivity contribution in [1.29, 1.82) is 0 Å². The molecule has 2 heterocycles. The Hall–Kier alpha value is -3.06. The van der Waals surface area contributed by atoms with Crippen LogP contribution in [0.25, 0.3) is 11.0 Å². The summed E-state index contributed by atoms with van der Waals surface area (Å²) in [5.41, 5.74) is 3.14. The van der Waals surface area contributed by atoms with Crippen LogP contribution in [-0.4, -0.2) is 54.5 Å². The van der Waals surface area contributed by atoms with Gasteiger partial charge < -0.3 is 24.0 Å². The van der Waals surface area contributed by atoms with Crippen LogP contribution in [-0.2, 0) is 11.3 Å². The first-order valence-electron chi connectivity index (χ1n) is 10.2. The van der Waals surface area contributed by atoms with Gasteiger partial charge in [0.25, 0.3) is 0 Å². The number of anilines is 1. The molecule has 0 unspecified atom stereocenters. The Kier molecular flexibility index (Phi) is 5.90. The van der Waals surface area contributed by atoms with Crippen molar-refractivity contribution in [3.63, 3.8) is 0 Å². The van der Waals surface area contributed by atoms with Crippen molar-refractivity contribution in [3.05, 3.63) is 53.6 Å². The number of hydrogen-bond donors (Lipinski definition) is 1. The van der Waals surface area contributed by atoms with Crippen molar-refractivity contribution in [2.24, 2.45) is 0 Å². The van der Waals surface area contributed by atoms with E-state index >= 15 is 0 Å². The molecule has 0 bridgehead atoms. The predicted octanol–water partition coefficient (Wildman–Crippen LogP) is 3.77. The van der Waals surface area contributed by atoms with Crippen molar-refractivity contribution in [3.8, 4) is 5.75 Å². The molecule has 0 saturated carbocycles. The van der Waals surface area contributed by atoms with E-state index in [1.54, 1.807) is 26.4 Å². The van der Waals surface area contributed by atoms with Gasteiger partial charge in [0.2, 0.25) is 5.95 Å². The third-order valence-electron chi connectivity index (χ3n) is 5.85. The zero-order chi connectivity index (χ0) is 21.1. The summed E-state index contributed by atoms with van der Waals surface area (Å²) in [6.07, 6.45) is 2.02. The van der Waals surface area contributed by atoms with Gasteiger partial charge in [-0.15, -0.1) is 0 Å². The average molecular weight is 409 g/mol. The van der Waals surface area contributed by atoms with Gasteiger partial charge in [0.15, 0.2) is 0 Å². The Morgan fingerprint density at radius 1 is 1.17 bits per heavy atom. The van der Waals surface area contributed by atoms with E-state index < -0.39 is 5.97 Å². The van der Waals surface area contributed by atoms with E-state index in [-0.39, 0.29) is 5.56 Å². The lowest BCUT2D eigenvalue weighted by molar-refractivity contribution is 0.0697. The first-order valence-corrected chi connectivity index (χ1v) is 10.2. The van der Waals surface area contributed by atoms with Crippen molar-refractivity contribution in [1.82, 2.24) is 9.55 Å². The highest BCUT2D eigenvalue weighted by Crippen LogP contribution is 2.36. The number of hydrogen-bond acceptors (Lipinski definition) is 5. The summed E-state index contributed by atoms with van der Waals surface area (Å²) in [4.78, 5) is 18.5. The van der Waals surface area contributed by atoms with Crippen molar-refractivity contribution in [2.75, 3.05) is 38.8 Å². The average Bonchev–Trinajstić information content (AvgIpc) is 3.15. The van der Waals surface area contributed by atoms with Crippen LogP contribution in [0.4, 0.5) is 5.95 Å². The molecule has 4 rings (SSSR count). The number of aromatic carboxylic acids is 1. The van der Waals surface area contributed by atoms with Gasteiger partial charge in [-0.05, 0) is 48.6 Å². The van der Waals surface area contributed by atoms with Crippen LogP contribution in [0.1, 0.15) is 34.7 Å². The topological polar surface area (TPSA) is 76.8 Å². The highest BCUT2D eigenvalue weighted by atomic mass is 16.5. The number of fused-ring (bicyclic) bond motifs is 1. The van der Waals surface area contributed by atoms with Crippen molar-refractivity contribution >= 4 is 23.0 Å². The van der Waals surface area contributed by atoms with Crippen LogP contribution >= 0.6 is 0 Å². The molecule has 1 aliphatic heterocycles. The second-order valence-electron chi connectivity index (χ2n) is 7.57. The van der Waals surface area contributed by atoms with Crippen LogP contribution < -0.4 is 9.64 Å². The quantitative estimate of drug-likeness (QED) is 0.640. The largest absolute Gasteiger partial charge is 0.496 e. The van der Waals surface area contributed by atoms with Gasteiger partial charge >= 0.3 is 5.97 Å². The lowest BCUT2D eigenvalue weighted by atomic mass is 9.89. The molecule has 1 N–H and O–H groups in total. The van der Waals surface area contributed by atoms with Crippen LogP contribution in [0.15, 0.2) is 42.5 Å². The molecule has 158 valence electrons. The van der Waals surface area contributed by atoms with E-state index in [1.165, 1.54) is 5.56 Å². The van der Waals surface area contributed by atoms with Gasteiger partial charge in [-0.3, -0.25) is 0 Å². The van der Waals surface area contributed by atoms with E-state index in [9.17, 15) is 9.90 Å². The molecule has 2 aromatic carbocycles. The molecular formula is C23H27N3O4. The highest BCUT2D eigenvalue weighted by Gasteiger charge is 2.26. The number of benzene rings is 2. The smallest absolute Gasteiger partial charge is 0.335 e. The van der Waals surface area contributed by atoms with Crippen molar-refractivity contribution in [2.45, 2.75) is 25.3 Å². The number of ether oxygens (including phenoxy) is 2. The Morgan fingerprint density at radius 2 is 1.93 bits per heavy atom. The second-order valence-corrected chi connectivity index (χ2v) is 7.57. The van der Waals surface area contributed by atoms with Crippen LogP contribution in [0.5, 0.6) is 5.75 Å². The number of rotatable bonds is 7. The maximum atomic E-state index is 11.4. The number of piperidine rings is 1. The first kappa shape index (κ1) is 20.2. The zero-order valence-electron chi connectivity index (χ0n) is 17.4. The van der Waals surface area contributed by atoms with E-state index in [0.29, 0.717) is 24.6 Å². The number of nitrogens with zero attached hydrogens (tertiary/aromatic N) is 3. The summed E-state index contributed by atoms with van der Waals surface area (Å²) in [7, 11) is 3.40. The molecule has 0 spiro atoms. The number of carboxylic acid groups (broad SMARTS) is 1. The van der Waals surface area contributed by atoms with E-state index in [4.69, 9.17) is 14.5 Å². The summed E-state index contributed by atoms with van der Waals surface area (Å²) in [5, 5.41) is 9.32. The van der Waals surface area contributed by atoms with E-state index in [0.717, 1.165) is 43.1 Å². The minimum atomic E-state index is -0.942. The van der Waals surface area contributed by atoms with Gasteiger partial charge in [0, 0.05) is 26.7 Å². The molecule has 0 atom stereocenters. The number of para-hydroxylation sites is 1. The summed E-state index contributed by atoms with van der Waals surface area (Å²) < 4.78 is 13.0. The fourth-order valence-corrected chi connectivity index (χ4v) is 4.29. The fourth-order valence-electron chi connectivity index (χ4n) is 4.29. The lowest BCUT2D eigenvalue weighted by Crippen LogP contribution is -2.35. The monoisotopic (exact) mass is 409 g/mol. The summed E-state index contributed by atoms with van der Waals surface area (Å²) in [6, 6.07) is 13.4. The van der Waals surface area contributed by atoms with Crippen molar-refractivity contribution < 1.29 is 19.4 Å². The standard InChI is InChI=1S/C23H27N3O4/c1-29-14-13-26-20-8-7-17(22(27)28)15-19(20)24-23(26)25-11-9-16(10-12-25)18-5-3-4-6-21(18)30-2/h3-8,15-16H,9-14H2,1-2H3,(H,27,28). The molecule has 1 saturated heterocycles. The van der Waals surface area contributed by atoms with Gasteiger partial charge in [-0.1, -0.05) is 18.2 Å². The molecule has 1 aromatic heterocycles. The molecule has 0 aliphatic carbocycles. The number of carboxylic acids is 1. The highest BCUT2D eigenvalue weighted by molar-refractivity contribution is 5.93. The molecule has 3 aromatic rings. The maximum absolute atomic E-state index is 11.4. The Morgan fingerprint density at radius 3 is 2.63 bits per heavy atom. The third-order valence-corrected chi connectivity index (χ3v) is 5.85. The number of imidazole rings is 1. The minimum Gasteiger partial charge on any atom is -0.496 e. The molecule has 30 heavy (non-hydrogen) atoms. The van der Waals surface area contributed by atoms with Crippen LogP contribution in [0.3, 0.4) is 0 Å². The van der Waals surface area contributed by atoms with E-state index in [1.807, 2.05) is 18.2 Å². The maximum Gasteiger partial charge on any atom is 0.335 e. The zero-order valence-corrected chi connectivity index (χ0v) is 17.4. The fraction of sp³-hybridized carbons (Fsp3) is 0.391. The predicted molar refractivity (Wildman–Crippen MR) is 116 cm³/mol. The molecule has 1 aliphatic rings. The summed E-state index contributed by atoms with van der Waals surface area (Å²) >= 11 is 0. The normalized spacial score (nSPS) is 14.9. The number of methoxy groups -OCH3 is 2. The second kappa shape index (κ2) is 8.75. The van der Waals surface area contributed by atoms with Gasteiger partial charge in [-0.25, -0.2) is 9.78 Å². The van der Waals surface area contributed by atoms with Crippen LogP contribution in [0, 0.1) is 0 Å². The van der Waals surface area contributed by atoms with Gasteiger partial charge in [-0.2, -0.15) is 0 Å². The molecule has 7 nitrogen and oxygen atoms in total. The van der Waals surface area contributed by atoms with E-state index in [2.05, 4.69) is 21.6 Å². The number of aromatic nitrogens is 2. The molecule has 7 heteroatoms. The molecule has 0 radical (unpaired) electrons. The third kappa shape index (κ3) is 3.85. The molecule has 0 amide bonds. The lowest BCUT2D eigenvalue weighted by Gasteiger charge is -2.33. The Labute approximate surface area is 175 Å².